The van der Waals surface area contributed by atoms with Gasteiger partial charge in [-0.05, 0) is 36.6 Å². The Morgan fingerprint density at radius 3 is 2.82 bits per heavy atom. The molecule has 1 heterocycles. The molecule has 2 rings (SSSR count). The van der Waals surface area contributed by atoms with Crippen LogP contribution in [0.15, 0.2) is 30.3 Å². The lowest BCUT2D eigenvalue weighted by molar-refractivity contribution is -0.111. The molecule has 2 aromatic rings. The van der Waals surface area contributed by atoms with Crippen LogP contribution in [0.5, 0.6) is 0 Å². The minimum absolute atomic E-state index is 0.229. The van der Waals surface area contributed by atoms with Crippen LogP contribution in [0.1, 0.15) is 43.2 Å². The number of aromatic nitrogens is 2. The summed E-state index contributed by atoms with van der Waals surface area (Å²) in [6, 6.07) is 7.31. The molecule has 6 heteroatoms. The molecule has 0 aliphatic heterocycles. The quantitative estimate of drug-likeness (QED) is 0.775. The van der Waals surface area contributed by atoms with Crippen molar-refractivity contribution in [1.29, 1.82) is 0 Å². The van der Waals surface area contributed by atoms with Gasteiger partial charge in [0.05, 0.1) is 0 Å². The highest BCUT2D eigenvalue weighted by atomic mass is 35.5. The maximum absolute atomic E-state index is 11.9. The minimum Gasteiger partial charge on any atom is -0.297 e. The second kappa shape index (κ2) is 8.06. The van der Waals surface area contributed by atoms with Gasteiger partial charge in [-0.25, -0.2) is 0 Å². The van der Waals surface area contributed by atoms with Gasteiger partial charge in [0.15, 0.2) is 0 Å². The molecule has 0 fully saturated rings. The number of halogens is 1. The van der Waals surface area contributed by atoms with Gasteiger partial charge in [-0.15, -0.1) is 10.2 Å². The van der Waals surface area contributed by atoms with Gasteiger partial charge in [0, 0.05) is 17.0 Å². The van der Waals surface area contributed by atoms with Crippen molar-refractivity contribution >= 4 is 40.1 Å². The summed E-state index contributed by atoms with van der Waals surface area (Å²) in [6.45, 7) is 4.25. The second-order valence-corrected chi connectivity index (χ2v) is 6.28. The summed E-state index contributed by atoms with van der Waals surface area (Å²) in [5.41, 5.74) is 0.873. The predicted octanol–water partition coefficient (Wildman–Crippen LogP) is 4.75. The minimum atomic E-state index is -0.229. The molecule has 1 aromatic carbocycles. The predicted molar refractivity (Wildman–Crippen MR) is 92.3 cm³/mol. The van der Waals surface area contributed by atoms with Crippen molar-refractivity contribution in [2.24, 2.45) is 0 Å². The van der Waals surface area contributed by atoms with Crippen molar-refractivity contribution in [3.8, 4) is 0 Å². The van der Waals surface area contributed by atoms with E-state index in [1.54, 1.807) is 18.2 Å². The molecule has 1 aromatic heterocycles. The fourth-order valence-electron chi connectivity index (χ4n) is 2.02. The zero-order valence-corrected chi connectivity index (χ0v) is 14.1. The number of rotatable bonds is 6. The van der Waals surface area contributed by atoms with Crippen LogP contribution in [-0.4, -0.2) is 16.1 Å². The third kappa shape index (κ3) is 4.64. The Morgan fingerprint density at radius 2 is 2.14 bits per heavy atom. The average molecular weight is 336 g/mol. The number of anilines is 1. The van der Waals surface area contributed by atoms with Gasteiger partial charge in [-0.1, -0.05) is 48.9 Å². The molecule has 0 saturated heterocycles. The van der Waals surface area contributed by atoms with Crippen LogP contribution >= 0.6 is 22.9 Å². The summed E-state index contributed by atoms with van der Waals surface area (Å²) < 4.78 is 0. The SMILES string of the molecule is CCC(CC)c1nnc(NC(=O)/C=C/c2cccc(Cl)c2)s1. The van der Waals surface area contributed by atoms with Gasteiger partial charge < -0.3 is 0 Å². The third-order valence-corrected chi connectivity index (χ3v) is 4.52. The van der Waals surface area contributed by atoms with Crippen LogP contribution in [-0.2, 0) is 4.79 Å². The van der Waals surface area contributed by atoms with Crippen LogP contribution < -0.4 is 5.32 Å². The topological polar surface area (TPSA) is 54.9 Å². The first-order valence-electron chi connectivity index (χ1n) is 7.20. The molecule has 0 spiro atoms. The van der Waals surface area contributed by atoms with Crippen LogP contribution in [0, 0.1) is 0 Å². The molecule has 1 N–H and O–H groups in total. The highest BCUT2D eigenvalue weighted by Gasteiger charge is 2.13. The van der Waals surface area contributed by atoms with E-state index in [1.165, 1.54) is 17.4 Å². The van der Waals surface area contributed by atoms with E-state index in [1.807, 2.05) is 12.1 Å². The first-order chi connectivity index (χ1) is 10.6. The summed E-state index contributed by atoms with van der Waals surface area (Å²) in [7, 11) is 0. The fourth-order valence-corrected chi connectivity index (χ4v) is 3.23. The van der Waals surface area contributed by atoms with Gasteiger partial charge >= 0.3 is 0 Å². The lowest BCUT2D eigenvalue weighted by Crippen LogP contribution is -2.07. The molecule has 22 heavy (non-hydrogen) atoms. The normalized spacial score (nSPS) is 11.3. The molecule has 116 valence electrons. The zero-order chi connectivity index (χ0) is 15.9. The van der Waals surface area contributed by atoms with Crippen molar-refractivity contribution in [2.75, 3.05) is 5.32 Å². The number of benzene rings is 1. The maximum Gasteiger partial charge on any atom is 0.250 e. The number of hydrogen-bond donors (Lipinski definition) is 1. The molecule has 0 bridgehead atoms. The van der Waals surface area contributed by atoms with E-state index in [0.717, 1.165) is 23.4 Å². The second-order valence-electron chi connectivity index (χ2n) is 4.84. The Labute approximate surface area is 139 Å². The van der Waals surface area contributed by atoms with E-state index in [0.29, 0.717) is 16.1 Å². The Kier molecular flexibility index (Phi) is 6.10. The van der Waals surface area contributed by atoms with Gasteiger partial charge in [0.2, 0.25) is 11.0 Å². The van der Waals surface area contributed by atoms with E-state index in [9.17, 15) is 4.79 Å². The van der Waals surface area contributed by atoms with Gasteiger partial charge in [-0.2, -0.15) is 0 Å². The van der Waals surface area contributed by atoms with Crippen molar-refractivity contribution < 1.29 is 4.79 Å². The first kappa shape index (κ1) is 16.6. The van der Waals surface area contributed by atoms with E-state index in [2.05, 4.69) is 29.4 Å². The zero-order valence-electron chi connectivity index (χ0n) is 12.5. The van der Waals surface area contributed by atoms with Crippen molar-refractivity contribution in [2.45, 2.75) is 32.6 Å². The van der Waals surface area contributed by atoms with Crippen LogP contribution in [0.4, 0.5) is 5.13 Å². The largest absolute Gasteiger partial charge is 0.297 e. The number of carbonyl (C=O) groups is 1. The Hall–Kier alpha value is -1.72. The number of carbonyl (C=O) groups excluding carboxylic acids is 1. The highest BCUT2D eigenvalue weighted by Crippen LogP contribution is 2.27. The van der Waals surface area contributed by atoms with E-state index >= 15 is 0 Å². The molecule has 0 saturated carbocycles. The average Bonchev–Trinajstić information content (AvgIpc) is 2.95. The summed E-state index contributed by atoms with van der Waals surface area (Å²) in [5, 5.41) is 13.1. The lowest BCUT2D eigenvalue weighted by Gasteiger charge is -2.05. The Morgan fingerprint density at radius 1 is 1.36 bits per heavy atom. The highest BCUT2D eigenvalue weighted by molar-refractivity contribution is 7.15. The van der Waals surface area contributed by atoms with Crippen molar-refractivity contribution in [3.63, 3.8) is 0 Å². The first-order valence-corrected chi connectivity index (χ1v) is 8.39. The third-order valence-electron chi connectivity index (χ3n) is 3.28. The Balaban J connectivity index is 1.97. The number of nitrogens with one attached hydrogen (secondary N) is 1. The van der Waals surface area contributed by atoms with Gasteiger partial charge in [0.1, 0.15) is 5.01 Å². The van der Waals surface area contributed by atoms with Gasteiger partial charge in [-0.3, -0.25) is 10.1 Å². The summed E-state index contributed by atoms with van der Waals surface area (Å²) >= 11 is 7.33. The number of nitrogens with zero attached hydrogens (tertiary/aromatic N) is 2. The molecule has 1 amide bonds. The molecule has 0 atom stereocenters. The number of amides is 1. The summed E-state index contributed by atoms with van der Waals surface area (Å²) in [5.74, 6) is 0.178. The smallest absolute Gasteiger partial charge is 0.250 e. The van der Waals surface area contributed by atoms with Crippen LogP contribution in [0.3, 0.4) is 0 Å². The van der Waals surface area contributed by atoms with Gasteiger partial charge in [0.25, 0.3) is 0 Å². The molecule has 0 radical (unpaired) electrons. The fraction of sp³-hybridized carbons (Fsp3) is 0.312. The van der Waals surface area contributed by atoms with E-state index < -0.39 is 0 Å². The van der Waals surface area contributed by atoms with E-state index in [-0.39, 0.29) is 5.91 Å². The number of hydrogen-bond acceptors (Lipinski definition) is 4. The monoisotopic (exact) mass is 335 g/mol. The molecule has 0 unspecified atom stereocenters. The standard InChI is InChI=1S/C16H18ClN3OS/c1-3-12(4-2)15-19-20-16(22-15)18-14(21)9-8-11-6-5-7-13(17)10-11/h5-10,12H,3-4H2,1-2H3,(H,18,20,21)/b9-8+. The molecular formula is C16H18ClN3OS. The molecule has 4 nitrogen and oxygen atoms in total. The van der Waals surface area contributed by atoms with Crippen LogP contribution in [0.2, 0.25) is 5.02 Å². The molecular weight excluding hydrogens is 318 g/mol. The summed E-state index contributed by atoms with van der Waals surface area (Å²) in [4.78, 5) is 11.9. The van der Waals surface area contributed by atoms with Crippen molar-refractivity contribution in [3.05, 3.63) is 45.9 Å². The Bertz CT molecular complexity index is 665. The summed E-state index contributed by atoms with van der Waals surface area (Å²) in [6.07, 6.45) is 5.22. The van der Waals surface area contributed by atoms with Crippen LogP contribution in [0.25, 0.3) is 6.08 Å². The van der Waals surface area contributed by atoms with E-state index in [4.69, 9.17) is 11.6 Å². The lowest BCUT2D eigenvalue weighted by atomic mass is 10.1. The molecule has 0 aliphatic rings. The van der Waals surface area contributed by atoms with Crippen molar-refractivity contribution in [1.82, 2.24) is 10.2 Å². The maximum atomic E-state index is 11.9. The molecule has 0 aliphatic carbocycles.